The highest BCUT2D eigenvalue weighted by Crippen LogP contribution is 2.31. The Labute approximate surface area is 159 Å². The molecule has 1 heterocycles. The van der Waals surface area contributed by atoms with Gasteiger partial charge in [0, 0.05) is 4.47 Å². The molecule has 0 aliphatic carbocycles. The van der Waals surface area contributed by atoms with Gasteiger partial charge >= 0.3 is 6.03 Å². The average Bonchev–Trinajstić information content (AvgIpc) is 2.87. The topological polar surface area (TPSA) is 49.4 Å². The van der Waals surface area contributed by atoms with Gasteiger partial charge in [-0.2, -0.15) is 0 Å². The predicted octanol–water partition coefficient (Wildman–Crippen LogP) is 4.57. The molecule has 1 aliphatic rings. The molecule has 1 fully saturated rings. The Bertz CT molecular complexity index is 1020. The molecule has 0 aromatic heterocycles. The summed E-state index contributed by atoms with van der Waals surface area (Å²) in [4.78, 5) is 26.8. The second-order valence-electron chi connectivity index (χ2n) is 6.63. The molecular formula is C21H17BrN2O2. The van der Waals surface area contributed by atoms with Crippen molar-refractivity contribution in [3.8, 4) is 0 Å². The summed E-state index contributed by atoms with van der Waals surface area (Å²) in [6.07, 6.45) is 0. The zero-order valence-electron chi connectivity index (χ0n) is 14.2. The number of amides is 3. The van der Waals surface area contributed by atoms with Gasteiger partial charge in [-0.15, -0.1) is 0 Å². The number of carbonyl (C=O) groups is 2. The van der Waals surface area contributed by atoms with Crippen LogP contribution in [0.3, 0.4) is 0 Å². The molecule has 1 N–H and O–H groups in total. The number of urea groups is 1. The molecule has 1 unspecified atom stereocenters. The zero-order valence-corrected chi connectivity index (χ0v) is 15.8. The molecule has 5 heteroatoms. The van der Waals surface area contributed by atoms with E-state index in [1.165, 1.54) is 4.90 Å². The minimum absolute atomic E-state index is 0.235. The lowest BCUT2D eigenvalue weighted by Gasteiger charge is -2.22. The fraction of sp³-hybridized carbons (Fsp3) is 0.143. The first-order valence-corrected chi connectivity index (χ1v) is 9.14. The van der Waals surface area contributed by atoms with E-state index < -0.39 is 5.54 Å². The molecule has 3 aromatic carbocycles. The second kappa shape index (κ2) is 6.25. The lowest BCUT2D eigenvalue weighted by Crippen LogP contribution is -2.40. The largest absolute Gasteiger partial charge is 0.325 e. The summed E-state index contributed by atoms with van der Waals surface area (Å²) in [6.45, 7) is 2.01. The Morgan fingerprint density at radius 3 is 2.38 bits per heavy atom. The quantitative estimate of drug-likeness (QED) is 0.645. The summed E-state index contributed by atoms with van der Waals surface area (Å²) in [5, 5.41) is 5.01. The van der Waals surface area contributed by atoms with Crippen molar-refractivity contribution < 1.29 is 9.59 Å². The van der Waals surface area contributed by atoms with Crippen molar-refractivity contribution in [2.75, 3.05) is 0 Å². The molecule has 0 saturated carbocycles. The van der Waals surface area contributed by atoms with Gasteiger partial charge in [0.05, 0.1) is 6.54 Å². The third-order valence-electron chi connectivity index (χ3n) is 4.86. The first kappa shape index (κ1) is 16.8. The Balaban J connectivity index is 1.66. The van der Waals surface area contributed by atoms with E-state index in [4.69, 9.17) is 0 Å². The highest BCUT2D eigenvalue weighted by molar-refractivity contribution is 9.10. The van der Waals surface area contributed by atoms with Crippen LogP contribution in [0.2, 0.25) is 0 Å². The summed E-state index contributed by atoms with van der Waals surface area (Å²) in [6, 6.07) is 21.1. The molecule has 0 spiro atoms. The normalized spacial score (nSPS) is 19.8. The van der Waals surface area contributed by atoms with E-state index in [1.54, 1.807) is 6.92 Å². The molecule has 1 aliphatic heterocycles. The zero-order chi connectivity index (χ0) is 18.3. The Hall–Kier alpha value is -2.66. The van der Waals surface area contributed by atoms with Gasteiger partial charge in [-0.05, 0) is 47.0 Å². The summed E-state index contributed by atoms with van der Waals surface area (Å²) >= 11 is 3.39. The number of rotatable bonds is 3. The van der Waals surface area contributed by atoms with Crippen LogP contribution in [-0.4, -0.2) is 16.8 Å². The number of imide groups is 1. The predicted molar refractivity (Wildman–Crippen MR) is 105 cm³/mol. The third kappa shape index (κ3) is 2.78. The van der Waals surface area contributed by atoms with Crippen LogP contribution in [-0.2, 0) is 16.9 Å². The third-order valence-corrected chi connectivity index (χ3v) is 5.38. The summed E-state index contributed by atoms with van der Waals surface area (Å²) in [5.74, 6) is -0.235. The fourth-order valence-corrected chi connectivity index (χ4v) is 3.57. The Morgan fingerprint density at radius 1 is 0.962 bits per heavy atom. The average molecular weight is 409 g/mol. The van der Waals surface area contributed by atoms with Crippen LogP contribution < -0.4 is 5.32 Å². The standard InChI is InChI=1S/C21H17BrN2O2/c1-21(17-9-8-15-4-2-3-5-16(15)12-17)19(25)24(20(26)23-21)13-14-6-10-18(22)11-7-14/h2-12H,13H2,1H3,(H,23,26). The molecule has 0 bridgehead atoms. The van der Waals surface area contributed by atoms with Crippen LogP contribution in [0.1, 0.15) is 18.1 Å². The van der Waals surface area contributed by atoms with Crippen LogP contribution in [0, 0.1) is 0 Å². The molecule has 1 atom stereocenters. The van der Waals surface area contributed by atoms with Crippen LogP contribution in [0.15, 0.2) is 71.2 Å². The number of fused-ring (bicyclic) bond motifs is 1. The fourth-order valence-electron chi connectivity index (χ4n) is 3.31. The van der Waals surface area contributed by atoms with E-state index in [2.05, 4.69) is 21.2 Å². The Kier molecular flexibility index (Phi) is 4.04. The van der Waals surface area contributed by atoms with E-state index in [0.717, 1.165) is 26.4 Å². The van der Waals surface area contributed by atoms with Crippen molar-refractivity contribution in [1.29, 1.82) is 0 Å². The molecule has 4 rings (SSSR count). The molecule has 26 heavy (non-hydrogen) atoms. The lowest BCUT2D eigenvalue weighted by molar-refractivity contribution is -0.131. The van der Waals surface area contributed by atoms with Crippen molar-refractivity contribution in [2.45, 2.75) is 19.0 Å². The lowest BCUT2D eigenvalue weighted by atomic mass is 9.90. The molecule has 130 valence electrons. The maximum atomic E-state index is 13.1. The summed E-state index contributed by atoms with van der Waals surface area (Å²) in [7, 11) is 0. The van der Waals surface area contributed by atoms with Crippen molar-refractivity contribution in [3.63, 3.8) is 0 Å². The maximum absolute atomic E-state index is 13.1. The highest BCUT2D eigenvalue weighted by atomic mass is 79.9. The van der Waals surface area contributed by atoms with E-state index in [9.17, 15) is 9.59 Å². The number of carbonyl (C=O) groups excluding carboxylic acids is 2. The van der Waals surface area contributed by atoms with Crippen LogP contribution in [0.25, 0.3) is 10.8 Å². The minimum Gasteiger partial charge on any atom is -0.319 e. The summed E-state index contributed by atoms with van der Waals surface area (Å²) in [5.41, 5.74) is 0.628. The SMILES string of the molecule is CC1(c2ccc3ccccc3c2)NC(=O)N(Cc2ccc(Br)cc2)C1=O. The second-order valence-corrected chi connectivity index (χ2v) is 7.55. The minimum atomic E-state index is -1.06. The first-order valence-electron chi connectivity index (χ1n) is 8.35. The van der Waals surface area contributed by atoms with Crippen molar-refractivity contribution in [3.05, 3.63) is 82.3 Å². The van der Waals surface area contributed by atoms with E-state index in [-0.39, 0.29) is 18.5 Å². The van der Waals surface area contributed by atoms with E-state index in [1.807, 2.05) is 66.7 Å². The van der Waals surface area contributed by atoms with Crippen molar-refractivity contribution in [2.24, 2.45) is 0 Å². The number of hydrogen-bond donors (Lipinski definition) is 1. The summed E-state index contributed by atoms with van der Waals surface area (Å²) < 4.78 is 0.958. The van der Waals surface area contributed by atoms with Gasteiger partial charge in [-0.3, -0.25) is 9.69 Å². The van der Waals surface area contributed by atoms with Crippen molar-refractivity contribution in [1.82, 2.24) is 10.2 Å². The smallest absolute Gasteiger partial charge is 0.319 e. The molecular weight excluding hydrogens is 392 g/mol. The van der Waals surface area contributed by atoms with Gasteiger partial charge in [-0.25, -0.2) is 4.79 Å². The van der Waals surface area contributed by atoms with Gasteiger partial charge in [-0.1, -0.05) is 64.5 Å². The number of halogens is 1. The first-order chi connectivity index (χ1) is 12.5. The van der Waals surface area contributed by atoms with Gasteiger partial charge in [0.2, 0.25) is 0 Å². The number of hydrogen-bond acceptors (Lipinski definition) is 2. The van der Waals surface area contributed by atoms with Gasteiger partial charge in [0.25, 0.3) is 5.91 Å². The molecule has 0 radical (unpaired) electrons. The highest BCUT2D eigenvalue weighted by Gasteiger charge is 2.48. The van der Waals surface area contributed by atoms with E-state index in [0.29, 0.717) is 0 Å². The maximum Gasteiger partial charge on any atom is 0.325 e. The van der Waals surface area contributed by atoms with Gasteiger partial charge in [0.15, 0.2) is 0 Å². The van der Waals surface area contributed by atoms with E-state index >= 15 is 0 Å². The number of benzene rings is 3. The molecule has 3 aromatic rings. The van der Waals surface area contributed by atoms with Crippen LogP contribution in [0.5, 0.6) is 0 Å². The van der Waals surface area contributed by atoms with Crippen molar-refractivity contribution >= 4 is 38.6 Å². The Morgan fingerprint density at radius 2 is 1.65 bits per heavy atom. The van der Waals surface area contributed by atoms with Crippen LogP contribution >= 0.6 is 15.9 Å². The van der Waals surface area contributed by atoms with Gasteiger partial charge < -0.3 is 5.32 Å². The monoisotopic (exact) mass is 408 g/mol. The number of nitrogens with zero attached hydrogens (tertiary/aromatic N) is 1. The van der Waals surface area contributed by atoms with Crippen LogP contribution in [0.4, 0.5) is 4.79 Å². The molecule has 4 nitrogen and oxygen atoms in total. The number of nitrogens with one attached hydrogen (secondary N) is 1. The van der Waals surface area contributed by atoms with Gasteiger partial charge in [0.1, 0.15) is 5.54 Å². The molecule has 3 amide bonds. The molecule has 1 saturated heterocycles.